The minimum atomic E-state index is 0.0447. The van der Waals surface area contributed by atoms with Gasteiger partial charge in [0.2, 0.25) is 5.95 Å². The van der Waals surface area contributed by atoms with Crippen LogP contribution < -0.4 is 11.1 Å². The number of nitrogens with zero attached hydrogens (tertiary/aromatic N) is 5. The van der Waals surface area contributed by atoms with Crippen LogP contribution in [0.5, 0.6) is 0 Å². The normalized spacial score (nSPS) is 21.9. The topological polar surface area (TPSA) is 90.6 Å². The molecule has 1 saturated heterocycles. The predicted molar refractivity (Wildman–Crippen MR) is 140 cm³/mol. The van der Waals surface area contributed by atoms with Crippen molar-refractivity contribution in [2.45, 2.75) is 58.2 Å². The lowest BCUT2D eigenvalue weighted by Gasteiger charge is -2.47. The maximum Gasteiger partial charge on any atom is 0.317 e. The third-order valence-electron chi connectivity index (χ3n) is 7.47. The Balaban J connectivity index is 1.34. The first-order valence-electron chi connectivity index (χ1n) is 13.1. The molecular formula is C27H41N7O. The number of urea groups is 1. The molecule has 0 spiro atoms. The van der Waals surface area contributed by atoms with Crippen LogP contribution >= 0.6 is 0 Å². The average Bonchev–Trinajstić information content (AvgIpc) is 2.84. The summed E-state index contributed by atoms with van der Waals surface area (Å²) < 4.78 is 0. The minimum Gasteiger partial charge on any atom is -0.368 e. The van der Waals surface area contributed by atoms with Gasteiger partial charge in [0, 0.05) is 56.7 Å². The fourth-order valence-electron chi connectivity index (χ4n) is 5.69. The summed E-state index contributed by atoms with van der Waals surface area (Å²) >= 11 is 0. The number of likely N-dealkylation sites (N-methyl/N-ethyl adjacent to an activating group) is 2. The Morgan fingerprint density at radius 3 is 2.74 bits per heavy atom. The van der Waals surface area contributed by atoms with Gasteiger partial charge in [0.1, 0.15) is 0 Å². The zero-order valence-electron chi connectivity index (χ0n) is 21.5. The molecule has 1 aromatic carbocycles. The van der Waals surface area contributed by atoms with Crippen LogP contribution in [0.3, 0.4) is 0 Å². The van der Waals surface area contributed by atoms with Crippen LogP contribution in [-0.4, -0.2) is 82.6 Å². The maximum absolute atomic E-state index is 13.2. The number of fused-ring (bicyclic) bond motifs is 2. The molecule has 8 heteroatoms. The molecule has 1 aromatic heterocycles. The van der Waals surface area contributed by atoms with Gasteiger partial charge in [0.25, 0.3) is 0 Å². The van der Waals surface area contributed by atoms with E-state index in [1.165, 1.54) is 11.1 Å². The molecule has 0 saturated carbocycles. The molecule has 4 rings (SSSR count). The average molecular weight is 480 g/mol. The highest BCUT2D eigenvalue weighted by Crippen LogP contribution is 2.34. The Labute approximate surface area is 209 Å². The molecule has 1 aliphatic heterocycles. The van der Waals surface area contributed by atoms with Crippen LogP contribution in [0.2, 0.25) is 0 Å². The maximum atomic E-state index is 13.2. The number of amides is 2. The third-order valence-corrected chi connectivity index (χ3v) is 7.47. The van der Waals surface area contributed by atoms with E-state index in [0.717, 1.165) is 57.6 Å². The van der Waals surface area contributed by atoms with Crippen LogP contribution in [0, 0.1) is 5.92 Å². The zero-order valence-corrected chi connectivity index (χ0v) is 21.5. The van der Waals surface area contributed by atoms with Crippen LogP contribution in [0.4, 0.5) is 10.7 Å². The number of benzene rings is 1. The van der Waals surface area contributed by atoms with Crippen molar-refractivity contribution in [3.05, 3.63) is 53.3 Å². The number of hydrogen-bond donors (Lipinski definition) is 2. The van der Waals surface area contributed by atoms with Crippen molar-refractivity contribution in [2.75, 3.05) is 45.5 Å². The fourth-order valence-corrected chi connectivity index (χ4v) is 5.69. The summed E-state index contributed by atoms with van der Waals surface area (Å²) in [6.07, 6.45) is 5.85. The molecular weight excluding hydrogens is 438 g/mol. The van der Waals surface area contributed by atoms with Crippen LogP contribution in [-0.2, 0) is 19.4 Å². The molecule has 35 heavy (non-hydrogen) atoms. The van der Waals surface area contributed by atoms with E-state index in [9.17, 15) is 4.79 Å². The zero-order chi connectivity index (χ0) is 24.8. The minimum absolute atomic E-state index is 0.0447. The number of nitrogens with two attached hydrogens (primary N) is 1. The lowest BCUT2D eigenvalue weighted by molar-refractivity contribution is 0.0624. The van der Waals surface area contributed by atoms with E-state index < -0.39 is 0 Å². The fraction of sp³-hybridized carbons (Fsp3) is 0.593. The molecule has 3 N–H and O–H groups in total. The van der Waals surface area contributed by atoms with Gasteiger partial charge in [-0.05, 0) is 63.2 Å². The molecule has 1 aliphatic carbocycles. The predicted octanol–water partition coefficient (Wildman–Crippen LogP) is 2.79. The van der Waals surface area contributed by atoms with Crippen molar-refractivity contribution in [3.63, 3.8) is 0 Å². The first-order valence-corrected chi connectivity index (χ1v) is 13.1. The summed E-state index contributed by atoms with van der Waals surface area (Å²) in [6.45, 7) is 9.36. The van der Waals surface area contributed by atoms with Crippen molar-refractivity contribution >= 4 is 12.0 Å². The van der Waals surface area contributed by atoms with E-state index in [0.29, 0.717) is 31.0 Å². The number of carbonyl (C=O) groups is 1. The van der Waals surface area contributed by atoms with E-state index >= 15 is 0 Å². The first-order chi connectivity index (χ1) is 17.0. The van der Waals surface area contributed by atoms with Gasteiger partial charge in [0.15, 0.2) is 0 Å². The second-order valence-corrected chi connectivity index (χ2v) is 10.1. The number of hydrogen-bond acceptors (Lipinski definition) is 6. The number of nitrogen functional groups attached to an aromatic ring is 1. The highest BCUT2D eigenvalue weighted by atomic mass is 16.2. The molecule has 2 aromatic rings. The van der Waals surface area contributed by atoms with Gasteiger partial charge < -0.3 is 20.9 Å². The standard InChI is InChI=1S/C27H41N7O/c1-4-11-34-19-23(14-21-15-24-22(16-25(21)34)17-29-26(28)31-24)30-27(35)33(5-2)13-12-32(3)18-20-9-7-6-8-10-20/h6-10,17,21,23,25H,4-5,11-16,18-19H2,1-3H3,(H,30,35)(H2,28,29,31)/t21-,23+,25?/m1/s1. The van der Waals surface area contributed by atoms with Crippen LogP contribution in [0.1, 0.15) is 43.5 Å². The number of carbonyl (C=O) groups excluding carboxylic acids is 1. The lowest BCUT2D eigenvalue weighted by atomic mass is 9.76. The summed E-state index contributed by atoms with van der Waals surface area (Å²) in [4.78, 5) is 28.7. The molecule has 2 aliphatic rings. The molecule has 190 valence electrons. The van der Waals surface area contributed by atoms with Gasteiger partial charge in [0.05, 0.1) is 0 Å². The Bertz CT molecular complexity index is 969. The van der Waals surface area contributed by atoms with Gasteiger partial charge in [-0.2, -0.15) is 0 Å². The number of rotatable bonds is 9. The monoisotopic (exact) mass is 479 g/mol. The van der Waals surface area contributed by atoms with Gasteiger partial charge in [-0.25, -0.2) is 14.8 Å². The van der Waals surface area contributed by atoms with Gasteiger partial charge >= 0.3 is 6.03 Å². The van der Waals surface area contributed by atoms with E-state index in [-0.39, 0.29) is 12.1 Å². The van der Waals surface area contributed by atoms with Crippen molar-refractivity contribution < 1.29 is 4.79 Å². The SMILES string of the molecule is CCCN1C[C@@H](NC(=O)N(CC)CCN(C)Cc2ccccc2)C[C@@H]2Cc3nc(N)ncc3CC21. The van der Waals surface area contributed by atoms with E-state index in [1.54, 1.807) is 0 Å². The van der Waals surface area contributed by atoms with Gasteiger partial charge in [-0.1, -0.05) is 37.3 Å². The van der Waals surface area contributed by atoms with E-state index in [4.69, 9.17) is 5.73 Å². The summed E-state index contributed by atoms with van der Waals surface area (Å²) in [5.41, 5.74) is 9.45. The molecule has 8 nitrogen and oxygen atoms in total. The third kappa shape index (κ3) is 6.49. The Morgan fingerprint density at radius 1 is 1.20 bits per heavy atom. The molecule has 2 heterocycles. The second-order valence-electron chi connectivity index (χ2n) is 10.1. The molecule has 0 radical (unpaired) electrons. The number of piperidine rings is 1. The Hall–Kier alpha value is -2.71. The van der Waals surface area contributed by atoms with Crippen molar-refractivity contribution in [1.82, 2.24) is 30.0 Å². The summed E-state index contributed by atoms with van der Waals surface area (Å²) in [5, 5.41) is 3.37. The largest absolute Gasteiger partial charge is 0.368 e. The molecule has 3 atom stereocenters. The van der Waals surface area contributed by atoms with Crippen molar-refractivity contribution in [2.24, 2.45) is 5.92 Å². The van der Waals surface area contributed by atoms with Crippen molar-refractivity contribution in [3.8, 4) is 0 Å². The number of nitrogens with one attached hydrogen (secondary N) is 1. The molecule has 2 amide bonds. The molecule has 1 fully saturated rings. The van der Waals surface area contributed by atoms with Crippen LogP contribution in [0.15, 0.2) is 36.5 Å². The van der Waals surface area contributed by atoms with Crippen LogP contribution in [0.25, 0.3) is 0 Å². The summed E-state index contributed by atoms with van der Waals surface area (Å²) in [5.74, 6) is 0.818. The Morgan fingerprint density at radius 2 is 2.00 bits per heavy atom. The van der Waals surface area contributed by atoms with E-state index in [1.807, 2.05) is 17.2 Å². The lowest BCUT2D eigenvalue weighted by Crippen LogP contribution is -2.59. The van der Waals surface area contributed by atoms with Gasteiger partial charge in [-0.15, -0.1) is 0 Å². The van der Waals surface area contributed by atoms with Crippen molar-refractivity contribution in [1.29, 1.82) is 0 Å². The Kier molecular flexibility index (Phi) is 8.57. The highest BCUT2D eigenvalue weighted by molar-refractivity contribution is 5.74. The molecule has 1 unspecified atom stereocenters. The number of anilines is 1. The second kappa shape index (κ2) is 11.8. The first kappa shape index (κ1) is 25.4. The van der Waals surface area contributed by atoms with Gasteiger partial charge in [-0.3, -0.25) is 4.90 Å². The van der Waals surface area contributed by atoms with E-state index in [2.05, 4.69) is 70.2 Å². The number of aromatic nitrogens is 2. The summed E-state index contributed by atoms with van der Waals surface area (Å²) in [7, 11) is 2.11. The number of likely N-dealkylation sites (tertiary alicyclic amines) is 1. The quantitative estimate of drug-likeness (QED) is 0.575. The molecule has 0 bridgehead atoms. The highest BCUT2D eigenvalue weighted by Gasteiger charge is 2.40. The summed E-state index contributed by atoms with van der Waals surface area (Å²) in [6, 6.07) is 11.1. The smallest absolute Gasteiger partial charge is 0.317 e.